The zero-order chi connectivity index (χ0) is 21.2. The van der Waals surface area contributed by atoms with Gasteiger partial charge in [-0.25, -0.2) is 4.39 Å². The summed E-state index contributed by atoms with van der Waals surface area (Å²) in [6.07, 6.45) is 7.24. The second-order valence-electron chi connectivity index (χ2n) is 7.37. The third-order valence-electron chi connectivity index (χ3n) is 5.47. The average molecular weight is 430 g/mol. The predicted octanol–water partition coefficient (Wildman–Crippen LogP) is 4.58. The molecule has 0 bridgehead atoms. The van der Waals surface area contributed by atoms with E-state index in [0.29, 0.717) is 17.3 Å². The lowest BCUT2D eigenvalue weighted by Crippen LogP contribution is -2.30. The first kappa shape index (κ1) is 19.4. The molecule has 1 aromatic carbocycles. The smallest absolute Gasteiger partial charge is 0.170 e. The normalized spacial score (nSPS) is 18.2. The van der Waals surface area contributed by atoms with Crippen molar-refractivity contribution in [1.82, 2.24) is 24.8 Å². The summed E-state index contributed by atoms with van der Waals surface area (Å²) in [4.78, 5) is 10.9. The maximum Gasteiger partial charge on any atom is 0.170 e. The van der Waals surface area contributed by atoms with Crippen molar-refractivity contribution in [2.45, 2.75) is 18.6 Å². The Morgan fingerprint density at radius 3 is 2.61 bits per heavy atom. The minimum absolute atomic E-state index is 0.175. The zero-order valence-corrected chi connectivity index (χ0v) is 17.4. The van der Waals surface area contributed by atoms with Gasteiger partial charge in [0.2, 0.25) is 0 Å². The second-order valence-corrected chi connectivity index (χ2v) is 7.76. The number of nitrogens with zero attached hydrogens (tertiary/aromatic N) is 4. The molecular formula is C24H20FN5S. The SMILES string of the molecule is Fc1ccccc1-n1cccc1[C@H]1[C@@H](c2ccccn2)NC(=S)N1Cc1cccnc1. The van der Waals surface area contributed by atoms with E-state index >= 15 is 0 Å². The van der Waals surface area contributed by atoms with Gasteiger partial charge in [-0.3, -0.25) is 9.97 Å². The van der Waals surface area contributed by atoms with E-state index in [9.17, 15) is 4.39 Å². The summed E-state index contributed by atoms with van der Waals surface area (Å²) >= 11 is 5.74. The van der Waals surface area contributed by atoms with Crippen LogP contribution in [0.25, 0.3) is 5.69 Å². The first-order valence-corrected chi connectivity index (χ1v) is 10.4. The molecule has 1 aliphatic heterocycles. The molecule has 0 spiro atoms. The molecule has 0 aliphatic carbocycles. The highest BCUT2D eigenvalue weighted by atomic mass is 32.1. The van der Waals surface area contributed by atoms with Gasteiger partial charge >= 0.3 is 0 Å². The van der Waals surface area contributed by atoms with E-state index in [0.717, 1.165) is 17.0 Å². The minimum atomic E-state index is -0.276. The van der Waals surface area contributed by atoms with Crippen LogP contribution in [0.2, 0.25) is 0 Å². The lowest BCUT2D eigenvalue weighted by atomic mass is 10.0. The van der Waals surface area contributed by atoms with Gasteiger partial charge in [-0.2, -0.15) is 0 Å². The fraction of sp³-hybridized carbons (Fsp3) is 0.125. The highest BCUT2D eigenvalue weighted by Gasteiger charge is 2.41. The number of hydrogen-bond donors (Lipinski definition) is 1. The van der Waals surface area contributed by atoms with Crippen LogP contribution in [0.3, 0.4) is 0 Å². The van der Waals surface area contributed by atoms with E-state index in [1.54, 1.807) is 24.5 Å². The van der Waals surface area contributed by atoms with Gasteiger partial charge in [0.15, 0.2) is 5.11 Å². The highest BCUT2D eigenvalue weighted by molar-refractivity contribution is 7.80. The molecule has 4 aromatic rings. The molecule has 0 amide bonds. The monoisotopic (exact) mass is 429 g/mol. The molecule has 0 saturated carbocycles. The molecule has 0 radical (unpaired) electrons. The molecule has 1 saturated heterocycles. The molecule has 5 nitrogen and oxygen atoms in total. The fourth-order valence-corrected chi connectivity index (χ4v) is 4.39. The van der Waals surface area contributed by atoms with Crippen LogP contribution in [0.5, 0.6) is 0 Å². The highest BCUT2D eigenvalue weighted by Crippen LogP contribution is 2.40. The van der Waals surface area contributed by atoms with Crippen molar-refractivity contribution in [3.63, 3.8) is 0 Å². The number of para-hydroxylation sites is 1. The Morgan fingerprint density at radius 2 is 1.84 bits per heavy atom. The number of thiocarbonyl (C=S) groups is 1. The van der Waals surface area contributed by atoms with Gasteiger partial charge in [-0.05, 0) is 60.2 Å². The number of hydrogen-bond acceptors (Lipinski definition) is 3. The molecule has 0 unspecified atom stereocenters. The lowest BCUT2D eigenvalue weighted by Gasteiger charge is -2.29. The van der Waals surface area contributed by atoms with Crippen molar-refractivity contribution < 1.29 is 4.39 Å². The molecule has 1 fully saturated rings. The Kier molecular flexibility index (Phi) is 5.18. The summed E-state index contributed by atoms with van der Waals surface area (Å²) in [7, 11) is 0. The summed E-state index contributed by atoms with van der Waals surface area (Å²) in [6.45, 7) is 0.579. The number of benzene rings is 1. The lowest BCUT2D eigenvalue weighted by molar-refractivity contribution is 0.301. The van der Waals surface area contributed by atoms with Crippen molar-refractivity contribution in [3.8, 4) is 5.69 Å². The van der Waals surface area contributed by atoms with Crippen LogP contribution in [0.1, 0.15) is 29.0 Å². The van der Waals surface area contributed by atoms with Gasteiger partial charge in [0.25, 0.3) is 0 Å². The van der Waals surface area contributed by atoms with Gasteiger partial charge in [-0.1, -0.05) is 24.3 Å². The first-order valence-electron chi connectivity index (χ1n) is 10.0. The molecule has 4 heterocycles. The summed E-state index contributed by atoms with van der Waals surface area (Å²) < 4.78 is 16.6. The van der Waals surface area contributed by atoms with Crippen LogP contribution < -0.4 is 5.32 Å². The van der Waals surface area contributed by atoms with Crippen LogP contribution >= 0.6 is 12.2 Å². The topological polar surface area (TPSA) is 46.0 Å². The molecule has 3 aromatic heterocycles. The van der Waals surface area contributed by atoms with Crippen molar-refractivity contribution in [2.75, 3.05) is 0 Å². The van der Waals surface area contributed by atoms with Crippen molar-refractivity contribution in [3.05, 3.63) is 114 Å². The van der Waals surface area contributed by atoms with E-state index in [-0.39, 0.29) is 17.9 Å². The summed E-state index contributed by atoms with van der Waals surface area (Å²) in [5.41, 5.74) is 3.35. The van der Waals surface area contributed by atoms with E-state index in [1.807, 2.05) is 65.5 Å². The molecule has 1 aliphatic rings. The molecule has 31 heavy (non-hydrogen) atoms. The quantitative estimate of drug-likeness (QED) is 0.471. The summed E-state index contributed by atoms with van der Waals surface area (Å²) in [5, 5.41) is 4.07. The van der Waals surface area contributed by atoms with E-state index in [1.165, 1.54) is 6.07 Å². The Bertz CT molecular complexity index is 1190. The molecule has 154 valence electrons. The second kappa shape index (κ2) is 8.28. The molecular weight excluding hydrogens is 409 g/mol. The van der Waals surface area contributed by atoms with Crippen molar-refractivity contribution >= 4 is 17.3 Å². The molecule has 1 N–H and O–H groups in total. The van der Waals surface area contributed by atoms with Crippen LogP contribution in [0, 0.1) is 5.82 Å². The van der Waals surface area contributed by atoms with Gasteiger partial charge in [-0.15, -0.1) is 0 Å². The third kappa shape index (κ3) is 3.68. The number of aromatic nitrogens is 3. The van der Waals surface area contributed by atoms with Crippen LogP contribution in [-0.4, -0.2) is 24.5 Å². The average Bonchev–Trinajstić information content (AvgIpc) is 3.40. The number of pyridine rings is 2. The van der Waals surface area contributed by atoms with E-state index in [2.05, 4.69) is 20.2 Å². The number of rotatable bonds is 5. The maximum atomic E-state index is 14.7. The summed E-state index contributed by atoms with van der Waals surface area (Å²) in [6, 6.07) is 20.1. The van der Waals surface area contributed by atoms with E-state index in [4.69, 9.17) is 12.2 Å². The number of halogens is 1. The Balaban J connectivity index is 1.62. The minimum Gasteiger partial charge on any atom is -0.352 e. The van der Waals surface area contributed by atoms with E-state index < -0.39 is 0 Å². The fourth-order valence-electron chi connectivity index (χ4n) is 4.09. The maximum absolute atomic E-state index is 14.7. The van der Waals surface area contributed by atoms with Crippen LogP contribution in [-0.2, 0) is 6.54 Å². The van der Waals surface area contributed by atoms with Gasteiger partial charge in [0.05, 0.1) is 23.5 Å². The molecule has 5 rings (SSSR count). The van der Waals surface area contributed by atoms with Crippen LogP contribution in [0.4, 0.5) is 4.39 Å². The van der Waals surface area contributed by atoms with Crippen LogP contribution in [0.15, 0.2) is 91.5 Å². The van der Waals surface area contributed by atoms with Gasteiger partial charge in [0, 0.05) is 37.0 Å². The van der Waals surface area contributed by atoms with Gasteiger partial charge in [0.1, 0.15) is 5.82 Å². The van der Waals surface area contributed by atoms with Crippen molar-refractivity contribution in [2.24, 2.45) is 0 Å². The van der Waals surface area contributed by atoms with Crippen molar-refractivity contribution in [1.29, 1.82) is 0 Å². The van der Waals surface area contributed by atoms with Gasteiger partial charge < -0.3 is 14.8 Å². The molecule has 2 atom stereocenters. The Labute approximate surface area is 185 Å². The Morgan fingerprint density at radius 1 is 0.968 bits per heavy atom. The zero-order valence-electron chi connectivity index (χ0n) is 16.6. The summed E-state index contributed by atoms with van der Waals surface area (Å²) in [5.74, 6) is -0.276. The standard InChI is InChI=1S/C24H20FN5S/c25-18-8-1-2-10-20(18)29-14-6-11-21(29)23-22(19-9-3-4-13-27-19)28-24(31)30(23)16-17-7-5-12-26-15-17/h1-15,22-23H,16H2,(H,28,31)/t22-,23+/m1/s1. The largest absolute Gasteiger partial charge is 0.352 e. The first-order chi connectivity index (χ1) is 15.2. The molecule has 7 heteroatoms. The number of nitrogens with one attached hydrogen (secondary N) is 1. The Hall–Kier alpha value is -3.58. The third-order valence-corrected chi connectivity index (χ3v) is 5.82. The predicted molar refractivity (Wildman–Crippen MR) is 121 cm³/mol.